The van der Waals surface area contributed by atoms with Gasteiger partial charge < -0.3 is 10.4 Å². The van der Waals surface area contributed by atoms with E-state index in [1.165, 1.54) is 6.07 Å². The SMILES string of the molecule is CS(=O)(=O)Nc1ccc(F)c(NC2=CC(=O)N(CCO)C2=O)c1. The summed E-state index contributed by atoms with van der Waals surface area (Å²) in [6.07, 6.45) is 1.92. The second-order valence-electron chi connectivity index (χ2n) is 4.77. The second kappa shape index (κ2) is 6.34. The Hall–Kier alpha value is -2.46. The molecular weight excluding hydrogens is 329 g/mol. The third kappa shape index (κ3) is 4.05. The molecule has 0 unspecified atom stereocenters. The maximum Gasteiger partial charge on any atom is 0.277 e. The first kappa shape index (κ1) is 16.9. The zero-order valence-corrected chi connectivity index (χ0v) is 12.9. The normalized spacial score (nSPS) is 14.9. The molecule has 8 nitrogen and oxygen atoms in total. The number of β-amino-alcohol motifs (C(OH)–C–C–N with tert-alkyl or cyclic N) is 1. The van der Waals surface area contributed by atoms with Gasteiger partial charge in [-0.2, -0.15) is 0 Å². The van der Waals surface area contributed by atoms with Crippen molar-refractivity contribution in [2.75, 3.05) is 29.4 Å². The number of amides is 2. The van der Waals surface area contributed by atoms with Crippen molar-refractivity contribution >= 4 is 33.2 Å². The van der Waals surface area contributed by atoms with E-state index in [4.69, 9.17) is 5.11 Å². The first-order valence-electron chi connectivity index (χ1n) is 6.44. The van der Waals surface area contributed by atoms with Crippen molar-refractivity contribution in [1.29, 1.82) is 0 Å². The van der Waals surface area contributed by atoms with Crippen molar-refractivity contribution < 1.29 is 27.5 Å². The van der Waals surface area contributed by atoms with Crippen LogP contribution in [0.2, 0.25) is 0 Å². The number of halogens is 1. The van der Waals surface area contributed by atoms with E-state index in [-0.39, 0.29) is 30.2 Å². The monoisotopic (exact) mass is 343 g/mol. The summed E-state index contributed by atoms with van der Waals surface area (Å²) < 4.78 is 38.4. The Morgan fingerprint density at radius 1 is 1.30 bits per heavy atom. The number of benzene rings is 1. The molecule has 0 bridgehead atoms. The molecule has 0 aliphatic carbocycles. The van der Waals surface area contributed by atoms with Crippen LogP contribution in [0.25, 0.3) is 0 Å². The van der Waals surface area contributed by atoms with E-state index in [1.54, 1.807) is 0 Å². The number of sulfonamides is 1. The van der Waals surface area contributed by atoms with E-state index in [9.17, 15) is 22.4 Å². The maximum atomic E-state index is 13.8. The molecule has 2 rings (SSSR count). The Labute approximate surface area is 131 Å². The Morgan fingerprint density at radius 3 is 2.61 bits per heavy atom. The molecule has 0 fully saturated rings. The highest BCUT2D eigenvalue weighted by molar-refractivity contribution is 7.92. The number of hydrogen-bond acceptors (Lipinski definition) is 6. The quantitative estimate of drug-likeness (QED) is 0.619. The highest BCUT2D eigenvalue weighted by Crippen LogP contribution is 2.23. The summed E-state index contributed by atoms with van der Waals surface area (Å²) in [5.41, 5.74) is -0.239. The third-order valence-corrected chi connectivity index (χ3v) is 3.48. The Kier molecular flexibility index (Phi) is 4.66. The number of nitrogens with one attached hydrogen (secondary N) is 2. The summed E-state index contributed by atoms with van der Waals surface area (Å²) in [5, 5.41) is 11.3. The van der Waals surface area contributed by atoms with Crippen molar-refractivity contribution in [3.05, 3.63) is 35.8 Å². The topological polar surface area (TPSA) is 116 Å². The molecule has 0 spiro atoms. The van der Waals surface area contributed by atoms with Crippen molar-refractivity contribution in [2.24, 2.45) is 0 Å². The summed E-state index contributed by atoms with van der Waals surface area (Å²) in [6, 6.07) is 3.39. The molecule has 124 valence electrons. The van der Waals surface area contributed by atoms with Gasteiger partial charge in [0.1, 0.15) is 11.5 Å². The molecule has 0 saturated heterocycles. The summed E-state index contributed by atoms with van der Waals surface area (Å²) in [5.74, 6) is -2.06. The van der Waals surface area contributed by atoms with E-state index in [1.807, 2.05) is 0 Å². The van der Waals surface area contributed by atoms with Crippen molar-refractivity contribution in [1.82, 2.24) is 4.90 Å². The highest BCUT2D eigenvalue weighted by atomic mass is 32.2. The van der Waals surface area contributed by atoms with Gasteiger partial charge in [0.2, 0.25) is 10.0 Å². The van der Waals surface area contributed by atoms with Gasteiger partial charge in [-0.05, 0) is 18.2 Å². The van der Waals surface area contributed by atoms with Crippen LogP contribution in [0.4, 0.5) is 15.8 Å². The zero-order chi connectivity index (χ0) is 17.2. The maximum absolute atomic E-state index is 13.8. The average molecular weight is 343 g/mol. The summed E-state index contributed by atoms with van der Waals surface area (Å²) in [4.78, 5) is 24.4. The number of carbonyl (C=O) groups excluding carboxylic acids is 2. The Bertz CT molecular complexity index is 791. The summed E-state index contributed by atoms with van der Waals surface area (Å²) in [6.45, 7) is -0.557. The lowest BCUT2D eigenvalue weighted by atomic mass is 10.2. The predicted octanol–water partition coefficient (Wildman–Crippen LogP) is -0.146. The fourth-order valence-corrected chi connectivity index (χ4v) is 2.51. The fraction of sp³-hybridized carbons (Fsp3) is 0.231. The van der Waals surface area contributed by atoms with E-state index < -0.39 is 27.7 Å². The lowest BCUT2D eigenvalue weighted by molar-refractivity contribution is -0.137. The number of aliphatic hydroxyl groups is 1. The minimum Gasteiger partial charge on any atom is -0.395 e. The first-order chi connectivity index (χ1) is 10.7. The van der Waals surface area contributed by atoms with Gasteiger partial charge in [-0.3, -0.25) is 19.2 Å². The van der Waals surface area contributed by atoms with E-state index in [2.05, 4.69) is 10.0 Å². The number of aliphatic hydroxyl groups excluding tert-OH is 1. The molecule has 0 saturated carbocycles. The molecule has 2 amide bonds. The summed E-state index contributed by atoms with van der Waals surface area (Å²) >= 11 is 0. The van der Waals surface area contributed by atoms with Gasteiger partial charge in [-0.25, -0.2) is 12.8 Å². The number of nitrogens with zero attached hydrogens (tertiary/aromatic N) is 1. The van der Waals surface area contributed by atoms with Crippen LogP contribution >= 0.6 is 0 Å². The lowest BCUT2D eigenvalue weighted by Crippen LogP contribution is -2.34. The Morgan fingerprint density at radius 2 is 2.00 bits per heavy atom. The fourth-order valence-electron chi connectivity index (χ4n) is 1.95. The largest absolute Gasteiger partial charge is 0.395 e. The zero-order valence-electron chi connectivity index (χ0n) is 12.0. The highest BCUT2D eigenvalue weighted by Gasteiger charge is 2.31. The first-order valence-corrected chi connectivity index (χ1v) is 8.33. The van der Waals surface area contributed by atoms with Gasteiger partial charge in [0.15, 0.2) is 0 Å². The van der Waals surface area contributed by atoms with Crippen molar-refractivity contribution in [2.45, 2.75) is 0 Å². The molecule has 1 heterocycles. The molecule has 23 heavy (non-hydrogen) atoms. The minimum atomic E-state index is -3.54. The predicted molar refractivity (Wildman–Crippen MR) is 80.4 cm³/mol. The van der Waals surface area contributed by atoms with Gasteiger partial charge in [-0.1, -0.05) is 0 Å². The van der Waals surface area contributed by atoms with Crippen LogP contribution in [0.5, 0.6) is 0 Å². The molecule has 0 atom stereocenters. The van der Waals surface area contributed by atoms with Crippen molar-refractivity contribution in [3.8, 4) is 0 Å². The van der Waals surface area contributed by atoms with E-state index in [0.717, 1.165) is 29.4 Å². The van der Waals surface area contributed by atoms with Crippen LogP contribution in [-0.2, 0) is 19.6 Å². The van der Waals surface area contributed by atoms with Crippen LogP contribution in [0.15, 0.2) is 30.0 Å². The van der Waals surface area contributed by atoms with Crippen LogP contribution in [-0.4, -0.2) is 49.6 Å². The third-order valence-electron chi connectivity index (χ3n) is 2.87. The number of carbonyl (C=O) groups is 2. The molecule has 1 aromatic rings. The summed E-state index contributed by atoms with van der Waals surface area (Å²) in [7, 11) is -3.54. The van der Waals surface area contributed by atoms with Crippen LogP contribution < -0.4 is 10.0 Å². The van der Waals surface area contributed by atoms with Crippen LogP contribution in [0, 0.1) is 5.82 Å². The standard InChI is InChI=1S/C13H14FN3O5S/c1-23(21,22)16-8-2-3-9(14)10(6-8)15-11-7-12(19)17(4-5-18)13(11)20/h2-3,6-7,15-16,18H,4-5H2,1H3. The molecule has 10 heteroatoms. The number of anilines is 2. The van der Waals surface area contributed by atoms with Gasteiger partial charge in [0.05, 0.1) is 30.8 Å². The van der Waals surface area contributed by atoms with Gasteiger partial charge in [0.25, 0.3) is 11.8 Å². The van der Waals surface area contributed by atoms with Gasteiger partial charge in [-0.15, -0.1) is 0 Å². The van der Waals surface area contributed by atoms with Crippen molar-refractivity contribution in [3.63, 3.8) is 0 Å². The molecule has 0 aromatic heterocycles. The van der Waals surface area contributed by atoms with Gasteiger partial charge in [0, 0.05) is 6.08 Å². The van der Waals surface area contributed by atoms with Gasteiger partial charge >= 0.3 is 0 Å². The second-order valence-corrected chi connectivity index (χ2v) is 6.52. The lowest BCUT2D eigenvalue weighted by Gasteiger charge is -2.14. The van der Waals surface area contributed by atoms with Crippen LogP contribution in [0.1, 0.15) is 0 Å². The molecule has 1 aliphatic rings. The Balaban J connectivity index is 2.23. The minimum absolute atomic E-state index is 0.0981. The smallest absolute Gasteiger partial charge is 0.277 e. The molecule has 1 aliphatic heterocycles. The number of hydrogen-bond donors (Lipinski definition) is 3. The average Bonchev–Trinajstić information content (AvgIpc) is 2.69. The molecule has 3 N–H and O–H groups in total. The van der Waals surface area contributed by atoms with Crippen LogP contribution in [0.3, 0.4) is 0 Å². The van der Waals surface area contributed by atoms with E-state index >= 15 is 0 Å². The molecular formula is C13H14FN3O5S. The number of rotatable bonds is 6. The van der Waals surface area contributed by atoms with E-state index in [0.29, 0.717) is 0 Å². The number of imide groups is 1. The molecule has 0 radical (unpaired) electrons. The molecule has 1 aromatic carbocycles.